The van der Waals surface area contributed by atoms with Crippen LogP contribution in [0, 0.1) is 0 Å². The highest BCUT2D eigenvalue weighted by molar-refractivity contribution is 5.47. The maximum Gasteiger partial charge on any atom is 0.0146 e. The quantitative estimate of drug-likeness (QED) is 0.686. The maximum absolute atomic E-state index is 6.14. The number of hydrogen-bond acceptors (Lipinski definition) is 1. The van der Waals surface area contributed by atoms with Crippen molar-refractivity contribution >= 4 is 0 Å². The molecule has 1 nitrogen and oxygen atoms in total. The second kappa shape index (κ2) is 2.65. The number of hydrogen-bond donors (Lipinski definition) is 1. The molecule has 2 aliphatic rings. The molecule has 0 unspecified atom stereocenters. The van der Waals surface area contributed by atoms with E-state index in [0.29, 0.717) is 16.9 Å². The summed E-state index contributed by atoms with van der Waals surface area (Å²) in [6.07, 6.45) is 3.75. The minimum absolute atomic E-state index is 0.337. The topological polar surface area (TPSA) is 26.0 Å². The van der Waals surface area contributed by atoms with Gasteiger partial charge in [0.25, 0.3) is 0 Å². The van der Waals surface area contributed by atoms with E-state index < -0.39 is 0 Å². The van der Waals surface area contributed by atoms with E-state index in [1.54, 1.807) is 0 Å². The predicted molar refractivity (Wildman–Crippen MR) is 63.0 cm³/mol. The zero-order valence-corrected chi connectivity index (χ0v) is 9.59. The molecule has 2 N–H and O–H groups in total. The Bertz CT molecular complexity index is 408. The van der Waals surface area contributed by atoms with Gasteiger partial charge in [0.1, 0.15) is 0 Å². The van der Waals surface area contributed by atoms with E-state index in [1.165, 1.54) is 30.4 Å². The Labute approximate surface area is 91.7 Å². The third-order valence-corrected chi connectivity index (χ3v) is 4.52. The van der Waals surface area contributed by atoms with Gasteiger partial charge in [-0.1, -0.05) is 38.1 Å². The van der Waals surface area contributed by atoms with Gasteiger partial charge in [0.2, 0.25) is 0 Å². The first-order valence-corrected chi connectivity index (χ1v) is 5.92. The molecule has 0 radical (unpaired) electrons. The highest BCUT2D eigenvalue weighted by Crippen LogP contribution is 2.57. The molecule has 2 atom stereocenters. The molecule has 0 aliphatic heterocycles. The van der Waals surface area contributed by atoms with Crippen LogP contribution < -0.4 is 5.73 Å². The van der Waals surface area contributed by atoms with Crippen LogP contribution in [-0.2, 0) is 10.8 Å². The summed E-state index contributed by atoms with van der Waals surface area (Å²) >= 11 is 0. The van der Waals surface area contributed by atoms with Crippen LogP contribution in [-0.4, -0.2) is 6.04 Å². The minimum atomic E-state index is 0.337. The Hall–Kier alpha value is -0.820. The lowest BCUT2D eigenvalue weighted by atomic mass is 9.67. The third-order valence-electron chi connectivity index (χ3n) is 4.52. The van der Waals surface area contributed by atoms with Crippen molar-refractivity contribution in [2.24, 2.45) is 5.73 Å². The Kier molecular flexibility index (Phi) is 1.66. The smallest absolute Gasteiger partial charge is 0.0146 e. The van der Waals surface area contributed by atoms with Crippen molar-refractivity contribution in [3.8, 4) is 0 Å². The van der Waals surface area contributed by atoms with Crippen LogP contribution in [0.1, 0.15) is 44.2 Å². The molecule has 2 aliphatic carbocycles. The number of nitrogens with two attached hydrogens (primary N) is 1. The van der Waals surface area contributed by atoms with E-state index in [9.17, 15) is 0 Å². The molecule has 3 rings (SSSR count). The summed E-state index contributed by atoms with van der Waals surface area (Å²) in [6, 6.07) is 9.32. The molecule has 1 fully saturated rings. The average Bonchev–Trinajstić information content (AvgIpc) is 2.87. The summed E-state index contributed by atoms with van der Waals surface area (Å²) in [6.45, 7) is 4.71. The van der Waals surface area contributed by atoms with Gasteiger partial charge in [-0.3, -0.25) is 0 Å². The summed E-state index contributed by atoms with van der Waals surface area (Å²) in [7, 11) is 0. The van der Waals surface area contributed by atoms with Gasteiger partial charge in [0.15, 0.2) is 0 Å². The standard InChI is InChI=1S/C14H19N/c1-13(2)7-8-14(9-12(14)15)11-6-4-3-5-10(11)13/h3-6,12H,7-9,15H2,1-2H3/t12-,14+/m1/s1. The fraction of sp³-hybridized carbons (Fsp3) is 0.571. The third kappa shape index (κ3) is 1.13. The molecule has 0 heterocycles. The predicted octanol–water partition coefficient (Wildman–Crippen LogP) is 2.73. The van der Waals surface area contributed by atoms with Crippen molar-refractivity contribution in [2.75, 3.05) is 0 Å². The highest BCUT2D eigenvalue weighted by Gasteiger charge is 2.56. The van der Waals surface area contributed by atoms with E-state index in [0.717, 1.165) is 0 Å². The summed E-state index contributed by atoms with van der Waals surface area (Å²) < 4.78 is 0. The van der Waals surface area contributed by atoms with Crippen molar-refractivity contribution in [2.45, 2.75) is 50.0 Å². The Balaban J connectivity index is 2.17. The van der Waals surface area contributed by atoms with Gasteiger partial charge < -0.3 is 5.73 Å². The van der Waals surface area contributed by atoms with Gasteiger partial charge in [-0.2, -0.15) is 0 Å². The molecule has 80 valence electrons. The Morgan fingerprint density at radius 1 is 1.13 bits per heavy atom. The van der Waals surface area contributed by atoms with E-state index in [4.69, 9.17) is 5.73 Å². The molecule has 0 saturated heterocycles. The van der Waals surface area contributed by atoms with Crippen LogP contribution >= 0.6 is 0 Å². The van der Waals surface area contributed by atoms with Crippen LogP contribution in [0.3, 0.4) is 0 Å². The first-order valence-electron chi connectivity index (χ1n) is 5.92. The second-order valence-electron chi connectivity index (χ2n) is 5.90. The number of rotatable bonds is 0. The van der Waals surface area contributed by atoms with Crippen LogP contribution in [0.15, 0.2) is 24.3 Å². The lowest BCUT2D eigenvalue weighted by molar-refractivity contribution is 0.377. The second-order valence-corrected chi connectivity index (χ2v) is 5.90. The Morgan fingerprint density at radius 2 is 1.73 bits per heavy atom. The molecular weight excluding hydrogens is 182 g/mol. The van der Waals surface area contributed by atoms with Crippen molar-refractivity contribution in [1.29, 1.82) is 0 Å². The molecule has 15 heavy (non-hydrogen) atoms. The normalized spacial score (nSPS) is 36.3. The largest absolute Gasteiger partial charge is 0.327 e. The monoisotopic (exact) mass is 201 g/mol. The molecule has 1 aromatic rings. The summed E-state index contributed by atoms with van der Waals surface area (Å²) in [5.74, 6) is 0. The van der Waals surface area contributed by atoms with Crippen molar-refractivity contribution < 1.29 is 0 Å². The van der Waals surface area contributed by atoms with Gasteiger partial charge in [-0.05, 0) is 35.8 Å². The van der Waals surface area contributed by atoms with Crippen molar-refractivity contribution in [3.05, 3.63) is 35.4 Å². The minimum Gasteiger partial charge on any atom is -0.327 e. The van der Waals surface area contributed by atoms with Gasteiger partial charge in [-0.25, -0.2) is 0 Å². The molecule has 0 aromatic heterocycles. The molecule has 1 spiro atoms. The molecular formula is C14H19N. The highest BCUT2D eigenvalue weighted by atomic mass is 14.8. The van der Waals surface area contributed by atoms with Gasteiger partial charge in [0.05, 0.1) is 0 Å². The summed E-state index contributed by atoms with van der Waals surface area (Å²) in [4.78, 5) is 0. The van der Waals surface area contributed by atoms with E-state index in [1.807, 2.05) is 0 Å². The zero-order valence-electron chi connectivity index (χ0n) is 9.59. The van der Waals surface area contributed by atoms with Crippen LogP contribution in [0.5, 0.6) is 0 Å². The van der Waals surface area contributed by atoms with Crippen molar-refractivity contribution in [1.82, 2.24) is 0 Å². The first-order chi connectivity index (χ1) is 7.06. The molecule has 0 amide bonds. The molecule has 1 aromatic carbocycles. The first kappa shape index (κ1) is 9.41. The van der Waals surface area contributed by atoms with Crippen LogP contribution in [0.25, 0.3) is 0 Å². The molecule has 1 heteroatoms. The summed E-state index contributed by atoms with van der Waals surface area (Å²) in [5, 5.41) is 0. The van der Waals surface area contributed by atoms with Crippen LogP contribution in [0.2, 0.25) is 0 Å². The van der Waals surface area contributed by atoms with E-state index >= 15 is 0 Å². The summed E-state index contributed by atoms with van der Waals surface area (Å²) in [5.41, 5.74) is 9.89. The SMILES string of the molecule is CC1(C)CC[C@]2(C[C@H]2N)c2ccccc21. The number of benzene rings is 1. The zero-order chi connectivity index (χ0) is 10.7. The number of fused-ring (bicyclic) bond motifs is 2. The van der Waals surface area contributed by atoms with Gasteiger partial charge in [0, 0.05) is 11.5 Å². The lowest BCUT2D eigenvalue weighted by Gasteiger charge is -2.37. The van der Waals surface area contributed by atoms with Crippen LogP contribution in [0.4, 0.5) is 0 Å². The van der Waals surface area contributed by atoms with Gasteiger partial charge in [-0.15, -0.1) is 0 Å². The van der Waals surface area contributed by atoms with E-state index in [-0.39, 0.29) is 0 Å². The Morgan fingerprint density at radius 3 is 2.33 bits per heavy atom. The lowest BCUT2D eigenvalue weighted by Crippen LogP contribution is -2.32. The van der Waals surface area contributed by atoms with E-state index in [2.05, 4.69) is 38.1 Å². The maximum atomic E-state index is 6.14. The molecule has 1 saturated carbocycles. The average molecular weight is 201 g/mol. The fourth-order valence-corrected chi connectivity index (χ4v) is 3.24. The fourth-order valence-electron chi connectivity index (χ4n) is 3.24. The van der Waals surface area contributed by atoms with Gasteiger partial charge >= 0.3 is 0 Å². The molecule has 0 bridgehead atoms. The van der Waals surface area contributed by atoms with Crippen molar-refractivity contribution in [3.63, 3.8) is 0 Å².